The van der Waals surface area contributed by atoms with Crippen LogP contribution in [0, 0.1) is 13.8 Å². The summed E-state index contributed by atoms with van der Waals surface area (Å²) in [5.41, 5.74) is 9.59. The fraction of sp³-hybridized carbons (Fsp3) is 0.154. The highest BCUT2D eigenvalue weighted by Crippen LogP contribution is 2.27. The minimum absolute atomic E-state index is 0.680. The minimum atomic E-state index is 0.680. The van der Waals surface area contributed by atoms with Crippen LogP contribution in [-0.2, 0) is 0 Å². The second-order valence-electron chi connectivity index (χ2n) is 3.97. The first-order valence-electron chi connectivity index (χ1n) is 5.32. The van der Waals surface area contributed by atoms with Crippen LogP contribution in [0.15, 0.2) is 34.9 Å². The lowest BCUT2D eigenvalue weighted by Crippen LogP contribution is -1.99. The normalized spacial score (nSPS) is 10.3. The van der Waals surface area contributed by atoms with Crippen molar-refractivity contribution in [1.82, 2.24) is 4.98 Å². The van der Waals surface area contributed by atoms with E-state index in [0.717, 1.165) is 27.1 Å². The zero-order valence-corrected chi connectivity index (χ0v) is 11.4. The average Bonchev–Trinajstić information content (AvgIpc) is 2.28. The van der Waals surface area contributed by atoms with Gasteiger partial charge in [-0.1, -0.05) is 22.0 Å². The number of benzene rings is 1. The maximum absolute atomic E-state index is 5.68. The first-order valence-corrected chi connectivity index (χ1v) is 6.11. The number of pyridine rings is 1. The molecular weight excluding hydrogens is 278 g/mol. The van der Waals surface area contributed by atoms with Crippen molar-refractivity contribution < 1.29 is 0 Å². The third-order valence-electron chi connectivity index (χ3n) is 2.62. The Balaban J connectivity index is 2.35. The van der Waals surface area contributed by atoms with E-state index in [4.69, 9.17) is 5.73 Å². The van der Waals surface area contributed by atoms with Gasteiger partial charge in [-0.15, -0.1) is 0 Å². The molecular formula is C13H14BrN3. The lowest BCUT2D eigenvalue weighted by Gasteiger charge is -2.12. The van der Waals surface area contributed by atoms with Gasteiger partial charge in [0.25, 0.3) is 0 Å². The van der Waals surface area contributed by atoms with Crippen molar-refractivity contribution in [2.24, 2.45) is 0 Å². The fourth-order valence-corrected chi connectivity index (χ4v) is 1.96. The number of aryl methyl sites for hydroxylation is 1. The van der Waals surface area contributed by atoms with Crippen LogP contribution in [0.25, 0.3) is 0 Å². The Hall–Kier alpha value is -1.55. The number of anilines is 3. The molecule has 0 saturated heterocycles. The Morgan fingerprint density at radius 2 is 2.06 bits per heavy atom. The van der Waals surface area contributed by atoms with E-state index >= 15 is 0 Å². The van der Waals surface area contributed by atoms with Crippen LogP contribution in [0.2, 0.25) is 0 Å². The topological polar surface area (TPSA) is 50.9 Å². The highest BCUT2D eigenvalue weighted by atomic mass is 79.9. The van der Waals surface area contributed by atoms with Gasteiger partial charge in [-0.2, -0.15) is 0 Å². The van der Waals surface area contributed by atoms with Crippen molar-refractivity contribution >= 4 is 33.1 Å². The smallest absolute Gasteiger partial charge is 0.133 e. The summed E-state index contributed by atoms with van der Waals surface area (Å²) in [5.74, 6) is 0.834. The molecule has 0 atom stereocenters. The average molecular weight is 292 g/mol. The van der Waals surface area contributed by atoms with Crippen molar-refractivity contribution in [3.05, 3.63) is 46.1 Å². The number of hydrogen-bond donors (Lipinski definition) is 2. The van der Waals surface area contributed by atoms with Gasteiger partial charge in [0.15, 0.2) is 0 Å². The van der Waals surface area contributed by atoms with Gasteiger partial charge in [0, 0.05) is 10.2 Å². The van der Waals surface area contributed by atoms with Crippen molar-refractivity contribution in [1.29, 1.82) is 0 Å². The molecule has 0 aliphatic rings. The monoisotopic (exact) mass is 291 g/mol. The second kappa shape index (κ2) is 4.75. The third kappa shape index (κ3) is 2.58. The number of hydrogen-bond acceptors (Lipinski definition) is 3. The fourth-order valence-electron chi connectivity index (χ4n) is 1.60. The maximum Gasteiger partial charge on any atom is 0.133 e. The molecule has 0 amide bonds. The van der Waals surface area contributed by atoms with Crippen molar-refractivity contribution in [3.63, 3.8) is 0 Å². The first-order chi connectivity index (χ1) is 8.08. The summed E-state index contributed by atoms with van der Waals surface area (Å²) in [6.45, 7) is 4.04. The van der Waals surface area contributed by atoms with E-state index in [9.17, 15) is 0 Å². The first kappa shape index (κ1) is 11.9. The van der Waals surface area contributed by atoms with Crippen LogP contribution in [0.5, 0.6) is 0 Å². The van der Waals surface area contributed by atoms with Gasteiger partial charge in [0.2, 0.25) is 0 Å². The highest BCUT2D eigenvalue weighted by Gasteiger charge is 2.05. The van der Waals surface area contributed by atoms with Crippen LogP contribution in [0.1, 0.15) is 11.1 Å². The minimum Gasteiger partial charge on any atom is -0.397 e. The van der Waals surface area contributed by atoms with Gasteiger partial charge in [-0.05, 0) is 43.2 Å². The molecule has 4 heteroatoms. The molecule has 0 radical (unpaired) electrons. The van der Waals surface area contributed by atoms with E-state index in [1.54, 1.807) is 6.20 Å². The zero-order valence-electron chi connectivity index (χ0n) is 9.79. The van der Waals surface area contributed by atoms with E-state index in [1.165, 1.54) is 0 Å². The summed E-state index contributed by atoms with van der Waals surface area (Å²) in [6.07, 6.45) is 1.66. The van der Waals surface area contributed by atoms with Crippen LogP contribution in [0.4, 0.5) is 17.2 Å². The summed E-state index contributed by atoms with van der Waals surface area (Å²) >= 11 is 3.51. The van der Waals surface area contributed by atoms with Gasteiger partial charge >= 0.3 is 0 Å². The maximum atomic E-state index is 5.68. The second-order valence-corrected chi connectivity index (χ2v) is 4.83. The number of nitrogens with two attached hydrogens (primary N) is 1. The van der Waals surface area contributed by atoms with Crippen LogP contribution in [-0.4, -0.2) is 4.98 Å². The largest absolute Gasteiger partial charge is 0.397 e. The molecule has 0 saturated carbocycles. The number of rotatable bonds is 2. The molecule has 0 unspecified atom stereocenters. The SMILES string of the molecule is Cc1cc(N)cnc1Nc1cccc(Br)c1C. The van der Waals surface area contributed by atoms with Gasteiger partial charge in [0.05, 0.1) is 11.9 Å². The molecule has 0 spiro atoms. The van der Waals surface area contributed by atoms with E-state index < -0.39 is 0 Å². The Morgan fingerprint density at radius 3 is 2.76 bits per heavy atom. The van der Waals surface area contributed by atoms with E-state index in [1.807, 2.05) is 31.2 Å². The molecule has 2 rings (SSSR count). The Kier molecular flexibility index (Phi) is 3.33. The summed E-state index contributed by atoms with van der Waals surface area (Å²) in [6, 6.07) is 7.94. The molecule has 3 N–H and O–H groups in total. The molecule has 1 aromatic heterocycles. The predicted molar refractivity (Wildman–Crippen MR) is 75.5 cm³/mol. The molecule has 0 aliphatic carbocycles. The molecule has 3 nitrogen and oxygen atoms in total. The van der Waals surface area contributed by atoms with Crippen molar-refractivity contribution in [2.75, 3.05) is 11.1 Å². The molecule has 2 aromatic rings. The van der Waals surface area contributed by atoms with E-state index in [-0.39, 0.29) is 0 Å². The van der Waals surface area contributed by atoms with Gasteiger partial charge in [-0.3, -0.25) is 0 Å². The molecule has 1 heterocycles. The molecule has 0 bridgehead atoms. The summed E-state index contributed by atoms with van der Waals surface area (Å²) in [7, 11) is 0. The third-order valence-corrected chi connectivity index (χ3v) is 3.48. The van der Waals surface area contributed by atoms with Crippen molar-refractivity contribution in [2.45, 2.75) is 13.8 Å². The number of nitrogen functional groups attached to an aromatic ring is 1. The van der Waals surface area contributed by atoms with Gasteiger partial charge < -0.3 is 11.1 Å². The zero-order chi connectivity index (χ0) is 12.4. The number of nitrogens with zero attached hydrogens (tertiary/aromatic N) is 1. The Bertz CT molecular complexity index is 552. The predicted octanol–water partition coefficient (Wildman–Crippen LogP) is 3.79. The lowest BCUT2D eigenvalue weighted by molar-refractivity contribution is 1.25. The molecule has 0 fully saturated rings. The van der Waals surface area contributed by atoms with Crippen LogP contribution < -0.4 is 11.1 Å². The number of aromatic nitrogens is 1. The summed E-state index contributed by atoms with van der Waals surface area (Å²) in [4.78, 5) is 4.29. The number of halogens is 1. The number of nitrogens with one attached hydrogen (secondary N) is 1. The van der Waals surface area contributed by atoms with Gasteiger partial charge in [-0.25, -0.2) is 4.98 Å². The molecule has 88 valence electrons. The highest BCUT2D eigenvalue weighted by molar-refractivity contribution is 9.10. The Labute approximate surface area is 109 Å². The van der Waals surface area contributed by atoms with E-state index in [0.29, 0.717) is 5.69 Å². The standard InChI is InChI=1S/C13H14BrN3/c1-8-6-10(15)7-16-13(8)17-12-5-3-4-11(14)9(12)2/h3-7H,15H2,1-2H3,(H,16,17). The molecule has 0 aliphatic heterocycles. The van der Waals surface area contributed by atoms with Crippen LogP contribution in [0.3, 0.4) is 0 Å². The summed E-state index contributed by atoms with van der Waals surface area (Å²) in [5, 5.41) is 3.31. The van der Waals surface area contributed by atoms with Crippen LogP contribution >= 0.6 is 15.9 Å². The lowest BCUT2D eigenvalue weighted by atomic mass is 10.2. The molecule has 1 aromatic carbocycles. The summed E-state index contributed by atoms with van der Waals surface area (Å²) < 4.78 is 1.08. The van der Waals surface area contributed by atoms with Gasteiger partial charge in [0.1, 0.15) is 5.82 Å². The van der Waals surface area contributed by atoms with Crippen molar-refractivity contribution in [3.8, 4) is 0 Å². The molecule has 17 heavy (non-hydrogen) atoms. The quantitative estimate of drug-likeness (QED) is 0.885. The van der Waals surface area contributed by atoms with E-state index in [2.05, 4.69) is 33.2 Å². The Morgan fingerprint density at radius 1 is 1.29 bits per heavy atom.